The molecular formula is C14H11FNO. The molecule has 0 aromatic heterocycles. The highest BCUT2D eigenvalue weighted by molar-refractivity contribution is 5.75. The van der Waals surface area contributed by atoms with E-state index < -0.39 is 0 Å². The first-order valence-electron chi connectivity index (χ1n) is 5.24. The highest BCUT2D eigenvalue weighted by atomic mass is 19.1. The molecule has 2 aromatic carbocycles. The van der Waals surface area contributed by atoms with Gasteiger partial charge in [0.2, 0.25) is 0 Å². The summed E-state index contributed by atoms with van der Waals surface area (Å²) < 4.78 is 12.8. The molecule has 85 valence electrons. The quantitative estimate of drug-likeness (QED) is 0.737. The van der Waals surface area contributed by atoms with Crippen LogP contribution in [0.25, 0.3) is 0 Å². The van der Waals surface area contributed by atoms with E-state index in [2.05, 4.69) is 0 Å². The number of anilines is 1. The van der Waals surface area contributed by atoms with Crippen LogP contribution >= 0.6 is 0 Å². The molecule has 0 saturated carbocycles. The topological polar surface area (TPSA) is 20.3 Å². The van der Waals surface area contributed by atoms with E-state index in [-0.39, 0.29) is 5.82 Å². The number of nitrogens with zero attached hydrogens (tertiary/aromatic N) is 1. The van der Waals surface area contributed by atoms with Crippen LogP contribution in [0.15, 0.2) is 54.6 Å². The highest BCUT2D eigenvalue weighted by Crippen LogP contribution is 2.16. The summed E-state index contributed by atoms with van der Waals surface area (Å²) in [6, 6.07) is 15.3. The van der Waals surface area contributed by atoms with Gasteiger partial charge in [-0.2, -0.15) is 0 Å². The molecule has 17 heavy (non-hydrogen) atoms. The summed E-state index contributed by atoms with van der Waals surface area (Å²) >= 11 is 0. The maximum Gasteiger partial charge on any atom is 0.317 e. The number of amides is 1. The summed E-state index contributed by atoms with van der Waals surface area (Å²) in [6.45, 7) is 0.427. The Morgan fingerprint density at radius 3 is 2.24 bits per heavy atom. The predicted octanol–water partition coefficient (Wildman–Crippen LogP) is 2.90. The number of hydrogen-bond donors (Lipinski definition) is 0. The van der Waals surface area contributed by atoms with E-state index in [0.717, 1.165) is 5.56 Å². The normalized spacial score (nSPS) is 9.94. The molecule has 0 unspecified atom stereocenters. The monoisotopic (exact) mass is 228 g/mol. The van der Waals surface area contributed by atoms with Crippen molar-refractivity contribution in [2.24, 2.45) is 0 Å². The van der Waals surface area contributed by atoms with Crippen LogP contribution in [-0.2, 0) is 11.3 Å². The lowest BCUT2D eigenvalue weighted by molar-refractivity contribution is 0.550. The molecule has 0 atom stereocenters. The van der Waals surface area contributed by atoms with Crippen LogP contribution in [0.3, 0.4) is 0 Å². The molecule has 0 aliphatic carbocycles. The minimum absolute atomic E-state index is 0.320. The molecule has 0 bridgehead atoms. The van der Waals surface area contributed by atoms with Gasteiger partial charge in [0.1, 0.15) is 5.82 Å². The molecular weight excluding hydrogens is 217 g/mol. The Kier molecular flexibility index (Phi) is 3.50. The Hall–Kier alpha value is -2.16. The van der Waals surface area contributed by atoms with E-state index in [1.807, 2.05) is 36.7 Å². The van der Waals surface area contributed by atoms with Crippen molar-refractivity contribution in [2.45, 2.75) is 6.54 Å². The van der Waals surface area contributed by atoms with Crippen molar-refractivity contribution in [3.8, 4) is 0 Å². The molecule has 0 saturated heterocycles. The zero-order chi connectivity index (χ0) is 12.1. The summed E-state index contributed by atoms with van der Waals surface area (Å²) in [5.41, 5.74) is 1.63. The molecule has 0 N–H and O–H groups in total. The second-order valence-electron chi connectivity index (χ2n) is 3.64. The molecule has 0 aliphatic rings. The van der Waals surface area contributed by atoms with Gasteiger partial charge >= 0.3 is 6.41 Å². The van der Waals surface area contributed by atoms with Gasteiger partial charge in [-0.05, 0) is 29.8 Å². The molecule has 0 spiro atoms. The van der Waals surface area contributed by atoms with E-state index in [1.165, 1.54) is 17.0 Å². The lowest BCUT2D eigenvalue weighted by Gasteiger charge is -2.16. The molecule has 2 rings (SSSR count). The first kappa shape index (κ1) is 11.3. The fourth-order valence-corrected chi connectivity index (χ4v) is 1.56. The van der Waals surface area contributed by atoms with E-state index in [1.54, 1.807) is 12.1 Å². The molecule has 1 radical (unpaired) electrons. The van der Waals surface area contributed by atoms with Crippen LogP contribution in [0.1, 0.15) is 5.56 Å². The van der Waals surface area contributed by atoms with Crippen molar-refractivity contribution in [2.75, 3.05) is 4.90 Å². The number of benzene rings is 2. The number of hydrogen-bond acceptors (Lipinski definition) is 1. The van der Waals surface area contributed by atoms with Crippen LogP contribution in [0.4, 0.5) is 10.1 Å². The van der Waals surface area contributed by atoms with Crippen LogP contribution in [0.5, 0.6) is 0 Å². The largest absolute Gasteiger partial charge is 0.317 e. The lowest BCUT2D eigenvalue weighted by atomic mass is 10.2. The SMILES string of the molecule is O=[C]N(Cc1ccccc1)c1ccc(F)cc1. The van der Waals surface area contributed by atoms with Crippen LogP contribution < -0.4 is 4.90 Å². The van der Waals surface area contributed by atoms with Crippen molar-refractivity contribution in [3.05, 3.63) is 66.0 Å². The Morgan fingerprint density at radius 1 is 1.00 bits per heavy atom. The van der Waals surface area contributed by atoms with Gasteiger partial charge in [0, 0.05) is 5.69 Å². The molecule has 0 fully saturated rings. The van der Waals surface area contributed by atoms with Crippen molar-refractivity contribution in [3.63, 3.8) is 0 Å². The van der Waals surface area contributed by atoms with Gasteiger partial charge in [-0.15, -0.1) is 0 Å². The van der Waals surface area contributed by atoms with Crippen molar-refractivity contribution >= 4 is 12.1 Å². The van der Waals surface area contributed by atoms with E-state index in [9.17, 15) is 9.18 Å². The van der Waals surface area contributed by atoms with Gasteiger partial charge in [-0.25, -0.2) is 4.39 Å². The average Bonchev–Trinajstić information content (AvgIpc) is 2.38. The maximum atomic E-state index is 12.8. The number of halogens is 1. The second-order valence-corrected chi connectivity index (χ2v) is 3.64. The van der Waals surface area contributed by atoms with E-state index in [4.69, 9.17) is 0 Å². The average molecular weight is 228 g/mol. The summed E-state index contributed by atoms with van der Waals surface area (Å²) in [4.78, 5) is 12.3. The van der Waals surface area contributed by atoms with Gasteiger partial charge in [0.15, 0.2) is 0 Å². The third-order valence-corrected chi connectivity index (χ3v) is 2.43. The highest BCUT2D eigenvalue weighted by Gasteiger charge is 2.06. The van der Waals surface area contributed by atoms with Crippen LogP contribution in [0.2, 0.25) is 0 Å². The smallest absolute Gasteiger partial charge is 0.300 e. The minimum Gasteiger partial charge on any atom is -0.300 e. The Labute approximate surface area is 99.3 Å². The second kappa shape index (κ2) is 5.25. The summed E-state index contributed by atoms with van der Waals surface area (Å²) in [5, 5.41) is 0. The predicted molar refractivity (Wildman–Crippen MR) is 64.7 cm³/mol. The van der Waals surface area contributed by atoms with Gasteiger partial charge in [0.25, 0.3) is 0 Å². The standard InChI is InChI=1S/C14H11FNO/c15-13-6-8-14(9-7-13)16(11-17)10-12-4-2-1-3-5-12/h1-9H,10H2. The Bertz CT molecular complexity index is 481. The lowest BCUT2D eigenvalue weighted by Crippen LogP contribution is -2.20. The fourth-order valence-electron chi connectivity index (χ4n) is 1.56. The molecule has 2 nitrogen and oxygen atoms in total. The fraction of sp³-hybridized carbons (Fsp3) is 0.0714. The van der Waals surface area contributed by atoms with E-state index in [0.29, 0.717) is 12.2 Å². The summed E-state index contributed by atoms with van der Waals surface area (Å²) in [6.07, 6.45) is 1.85. The Morgan fingerprint density at radius 2 is 1.65 bits per heavy atom. The molecule has 3 heteroatoms. The number of rotatable bonds is 4. The van der Waals surface area contributed by atoms with E-state index >= 15 is 0 Å². The third kappa shape index (κ3) is 2.91. The van der Waals surface area contributed by atoms with Crippen molar-refractivity contribution < 1.29 is 9.18 Å². The van der Waals surface area contributed by atoms with Crippen LogP contribution in [0, 0.1) is 5.82 Å². The van der Waals surface area contributed by atoms with Crippen molar-refractivity contribution in [1.82, 2.24) is 0 Å². The Balaban J connectivity index is 2.17. The molecule has 2 aromatic rings. The maximum absolute atomic E-state index is 12.8. The van der Waals surface area contributed by atoms with Gasteiger partial charge < -0.3 is 0 Å². The first-order chi connectivity index (χ1) is 8.29. The van der Waals surface area contributed by atoms with Gasteiger partial charge in [-0.1, -0.05) is 30.3 Å². The number of carbonyl (C=O) groups excluding carboxylic acids is 1. The molecule has 1 amide bonds. The zero-order valence-electron chi connectivity index (χ0n) is 9.14. The van der Waals surface area contributed by atoms with Gasteiger partial charge in [0.05, 0.1) is 6.54 Å². The molecule has 0 aliphatic heterocycles. The molecule has 0 heterocycles. The van der Waals surface area contributed by atoms with Gasteiger partial charge in [-0.3, -0.25) is 9.69 Å². The minimum atomic E-state index is -0.320. The zero-order valence-corrected chi connectivity index (χ0v) is 9.14. The van der Waals surface area contributed by atoms with Crippen molar-refractivity contribution in [1.29, 1.82) is 0 Å². The summed E-state index contributed by atoms with van der Waals surface area (Å²) in [5.74, 6) is -0.320. The first-order valence-corrected chi connectivity index (χ1v) is 5.24. The summed E-state index contributed by atoms with van der Waals surface area (Å²) in [7, 11) is 0. The third-order valence-electron chi connectivity index (χ3n) is 2.43. The van der Waals surface area contributed by atoms with Crippen LogP contribution in [-0.4, -0.2) is 6.41 Å².